The molecular weight excluding hydrogens is 462 g/mol. The summed E-state index contributed by atoms with van der Waals surface area (Å²) >= 11 is 0. The van der Waals surface area contributed by atoms with Crippen LogP contribution in [0.3, 0.4) is 0 Å². The zero-order valence-corrected chi connectivity index (χ0v) is 17.9. The molecule has 0 amide bonds. The predicted octanol–water partition coefficient (Wildman–Crippen LogP) is 3.05. The van der Waals surface area contributed by atoms with Gasteiger partial charge in [0.25, 0.3) is 0 Å². The Morgan fingerprint density at radius 1 is 1.12 bits per heavy atom. The number of carbonyl (C=O) groups is 2. The quantitative estimate of drug-likeness (QED) is 0.558. The fourth-order valence-electron chi connectivity index (χ4n) is 4.91. The van der Waals surface area contributed by atoms with E-state index in [1.54, 1.807) is 0 Å². The van der Waals surface area contributed by atoms with Crippen LogP contribution in [0, 0.1) is 5.82 Å². The molecule has 1 aliphatic carbocycles. The molecule has 1 saturated heterocycles. The van der Waals surface area contributed by atoms with Crippen molar-refractivity contribution in [1.29, 1.82) is 0 Å². The van der Waals surface area contributed by atoms with E-state index in [0.717, 1.165) is 37.7 Å². The molecule has 3 aliphatic rings. The smallest absolute Gasteiger partial charge is 0.477 e. The zero-order chi connectivity index (χ0) is 24.9. The van der Waals surface area contributed by atoms with E-state index in [1.165, 1.54) is 12.3 Å². The van der Waals surface area contributed by atoms with Gasteiger partial charge in [-0.3, -0.25) is 4.79 Å². The first-order valence-corrected chi connectivity index (χ1v) is 10.9. The fourth-order valence-corrected chi connectivity index (χ4v) is 4.91. The molecular formula is C22H23F4N3O5. The van der Waals surface area contributed by atoms with Gasteiger partial charge in [0, 0.05) is 41.8 Å². The van der Waals surface area contributed by atoms with E-state index in [9.17, 15) is 27.9 Å². The Morgan fingerprint density at radius 3 is 2.32 bits per heavy atom. The SMILES string of the molecule is N[C@@H]1C[C@H]2CCCc3c(c(F)cc4c(=O)c(C(=O)O)cn(C5CC5)c34)N2C1.O=C(O)C(F)(F)F. The van der Waals surface area contributed by atoms with E-state index in [0.29, 0.717) is 24.2 Å². The molecule has 0 spiro atoms. The number of aliphatic carboxylic acids is 1. The van der Waals surface area contributed by atoms with Crippen LogP contribution < -0.4 is 16.1 Å². The summed E-state index contributed by atoms with van der Waals surface area (Å²) in [6.45, 7) is 0.612. The normalized spacial score (nSPS) is 21.9. The highest BCUT2D eigenvalue weighted by molar-refractivity contribution is 5.95. The summed E-state index contributed by atoms with van der Waals surface area (Å²) in [6, 6.07) is 1.68. The van der Waals surface area contributed by atoms with Gasteiger partial charge in [0.2, 0.25) is 5.43 Å². The Balaban J connectivity index is 0.000000344. The lowest BCUT2D eigenvalue weighted by Gasteiger charge is -2.27. The van der Waals surface area contributed by atoms with Gasteiger partial charge in [0.05, 0.1) is 11.2 Å². The number of rotatable bonds is 2. The summed E-state index contributed by atoms with van der Waals surface area (Å²) in [6.07, 6.45) is 1.65. The predicted molar refractivity (Wildman–Crippen MR) is 114 cm³/mol. The molecule has 2 atom stereocenters. The summed E-state index contributed by atoms with van der Waals surface area (Å²) in [4.78, 5) is 35.3. The molecule has 0 unspecified atom stereocenters. The van der Waals surface area contributed by atoms with Crippen molar-refractivity contribution in [2.75, 3.05) is 11.4 Å². The topological polar surface area (TPSA) is 126 Å². The molecule has 2 aliphatic heterocycles. The highest BCUT2D eigenvalue weighted by Crippen LogP contribution is 2.43. The van der Waals surface area contributed by atoms with Gasteiger partial charge in [-0.1, -0.05) is 0 Å². The van der Waals surface area contributed by atoms with Gasteiger partial charge in [-0.25, -0.2) is 14.0 Å². The van der Waals surface area contributed by atoms with Crippen molar-refractivity contribution in [2.45, 2.75) is 62.8 Å². The number of alkyl halides is 3. The van der Waals surface area contributed by atoms with Gasteiger partial charge in [-0.2, -0.15) is 13.2 Å². The molecule has 1 saturated carbocycles. The second kappa shape index (κ2) is 8.57. The van der Waals surface area contributed by atoms with Crippen molar-refractivity contribution in [1.82, 2.24) is 4.57 Å². The van der Waals surface area contributed by atoms with Gasteiger partial charge >= 0.3 is 18.1 Å². The number of benzene rings is 1. The van der Waals surface area contributed by atoms with Gasteiger partial charge < -0.3 is 25.4 Å². The molecule has 34 heavy (non-hydrogen) atoms. The summed E-state index contributed by atoms with van der Waals surface area (Å²) in [5.41, 5.74) is 7.37. The number of carboxylic acid groups (broad SMARTS) is 2. The maximum absolute atomic E-state index is 15.2. The van der Waals surface area contributed by atoms with Gasteiger partial charge in [-0.05, 0) is 44.6 Å². The van der Waals surface area contributed by atoms with Crippen LogP contribution in [0.1, 0.15) is 54.1 Å². The fraction of sp³-hybridized carbons (Fsp3) is 0.500. The van der Waals surface area contributed by atoms with Crippen molar-refractivity contribution >= 4 is 28.5 Å². The van der Waals surface area contributed by atoms with E-state index < -0.39 is 29.4 Å². The number of fused-ring (bicyclic) bond motifs is 5. The molecule has 4 N–H and O–H groups in total. The maximum Gasteiger partial charge on any atom is 0.490 e. The Morgan fingerprint density at radius 2 is 1.76 bits per heavy atom. The highest BCUT2D eigenvalue weighted by atomic mass is 19.4. The van der Waals surface area contributed by atoms with Crippen molar-refractivity contribution in [2.24, 2.45) is 5.73 Å². The number of halogens is 4. The lowest BCUT2D eigenvalue weighted by atomic mass is 9.99. The second-order valence-electron chi connectivity index (χ2n) is 8.89. The van der Waals surface area contributed by atoms with Crippen LogP contribution in [0.25, 0.3) is 10.9 Å². The van der Waals surface area contributed by atoms with Crippen molar-refractivity contribution < 1.29 is 37.4 Å². The van der Waals surface area contributed by atoms with Crippen molar-refractivity contribution in [3.05, 3.63) is 39.4 Å². The number of anilines is 1. The molecule has 8 nitrogen and oxygen atoms in total. The van der Waals surface area contributed by atoms with Crippen LogP contribution in [-0.2, 0) is 11.2 Å². The van der Waals surface area contributed by atoms with E-state index >= 15 is 4.39 Å². The van der Waals surface area contributed by atoms with Crippen LogP contribution in [0.15, 0.2) is 17.1 Å². The molecule has 12 heteroatoms. The molecule has 2 fully saturated rings. The summed E-state index contributed by atoms with van der Waals surface area (Å²) in [5.74, 6) is -4.47. The van der Waals surface area contributed by atoms with Crippen LogP contribution in [-0.4, -0.2) is 51.5 Å². The number of nitrogens with two attached hydrogens (primary N) is 1. The number of pyridine rings is 1. The molecule has 184 valence electrons. The number of aromatic nitrogens is 1. The monoisotopic (exact) mass is 485 g/mol. The summed E-state index contributed by atoms with van der Waals surface area (Å²) in [7, 11) is 0. The minimum absolute atomic E-state index is 0.0241. The first-order chi connectivity index (χ1) is 15.9. The number of carboxylic acids is 2. The largest absolute Gasteiger partial charge is 0.490 e. The van der Waals surface area contributed by atoms with E-state index in [2.05, 4.69) is 4.90 Å². The average Bonchev–Trinajstić information content (AvgIpc) is 3.53. The Bertz CT molecular complexity index is 1220. The maximum atomic E-state index is 15.2. The second-order valence-corrected chi connectivity index (χ2v) is 8.89. The number of nitrogens with zero attached hydrogens (tertiary/aromatic N) is 2. The molecule has 3 heterocycles. The summed E-state index contributed by atoms with van der Waals surface area (Å²) in [5, 5.41) is 16.7. The van der Waals surface area contributed by atoms with Crippen LogP contribution >= 0.6 is 0 Å². The number of aromatic carboxylic acids is 1. The Kier molecular flexibility index (Phi) is 6.05. The number of hydrogen-bond acceptors (Lipinski definition) is 5. The average molecular weight is 485 g/mol. The summed E-state index contributed by atoms with van der Waals surface area (Å²) < 4.78 is 48.9. The third-order valence-electron chi connectivity index (χ3n) is 6.45. The standard InChI is InChI=1S/C20H22FN3O3.C2HF3O2/c21-16-7-14-17(24(11-4-5-11)9-15(19(14)25)20(26)27)13-3-1-2-12-6-10(22)8-23(12)18(13)16;3-2(4,5)1(6)7/h7,9-12H,1-6,8,22H2,(H,26,27);(H,6,7)/t10-,12-;/m1./s1. The van der Waals surface area contributed by atoms with Gasteiger partial charge in [0.15, 0.2) is 0 Å². The molecule has 1 aromatic carbocycles. The molecule has 5 rings (SSSR count). The zero-order valence-electron chi connectivity index (χ0n) is 17.9. The minimum Gasteiger partial charge on any atom is -0.477 e. The van der Waals surface area contributed by atoms with E-state index in [1.807, 2.05) is 4.57 Å². The number of hydrogen-bond donors (Lipinski definition) is 3. The van der Waals surface area contributed by atoms with Crippen molar-refractivity contribution in [3.63, 3.8) is 0 Å². The first kappa shape index (κ1) is 24.0. The molecule has 2 aromatic rings. The van der Waals surface area contributed by atoms with Crippen LogP contribution in [0.5, 0.6) is 0 Å². The first-order valence-electron chi connectivity index (χ1n) is 10.9. The highest BCUT2D eigenvalue weighted by Gasteiger charge is 2.38. The molecule has 0 bridgehead atoms. The van der Waals surface area contributed by atoms with Crippen molar-refractivity contribution in [3.8, 4) is 0 Å². The minimum atomic E-state index is -5.08. The molecule has 1 aromatic heterocycles. The van der Waals surface area contributed by atoms with Crippen LogP contribution in [0.4, 0.5) is 23.2 Å². The molecule has 0 radical (unpaired) electrons. The lowest BCUT2D eigenvalue weighted by molar-refractivity contribution is -0.192. The van der Waals surface area contributed by atoms with E-state index in [-0.39, 0.29) is 29.1 Å². The third kappa shape index (κ3) is 4.33. The lowest BCUT2D eigenvalue weighted by Crippen LogP contribution is -2.31. The van der Waals surface area contributed by atoms with E-state index in [4.69, 9.17) is 15.6 Å². The number of aryl methyl sites for hydroxylation is 1. The Hall–Kier alpha value is -3.15. The third-order valence-corrected chi connectivity index (χ3v) is 6.45. The van der Waals surface area contributed by atoms with Gasteiger partial charge in [0.1, 0.15) is 11.4 Å². The van der Waals surface area contributed by atoms with Gasteiger partial charge in [-0.15, -0.1) is 0 Å². The Labute approximate surface area is 190 Å². The van der Waals surface area contributed by atoms with Crippen LogP contribution in [0.2, 0.25) is 0 Å².